The second-order valence-electron chi connectivity index (χ2n) is 9.11. The minimum Gasteiger partial charge on any atom is -0.481 e. The molecule has 0 saturated carbocycles. The monoisotopic (exact) mass is 612 g/mol. The van der Waals surface area contributed by atoms with Gasteiger partial charge in [0, 0.05) is 52.9 Å². The van der Waals surface area contributed by atoms with Crippen LogP contribution >= 0.6 is 0 Å². The lowest BCUT2D eigenvalue weighted by Crippen LogP contribution is -2.78. The molecular weight excluding hydrogens is 556 g/mol. The Kier molecular flexibility index (Phi) is 19.8. The summed E-state index contributed by atoms with van der Waals surface area (Å²) in [5.41, 5.74) is -2.73. The number of ether oxygens (including phenoxy) is 9. The summed E-state index contributed by atoms with van der Waals surface area (Å²) in [6.07, 6.45) is -1.35. The molecule has 0 bridgehead atoms. The minimum absolute atomic E-state index is 0.000600. The van der Waals surface area contributed by atoms with Crippen LogP contribution in [-0.2, 0) is 52.2 Å². The molecule has 0 heterocycles. The van der Waals surface area contributed by atoms with Gasteiger partial charge in [0.25, 0.3) is 5.79 Å². The fraction of sp³-hybridized carbons (Fsp3) is 0.931. The summed E-state index contributed by atoms with van der Waals surface area (Å²) in [7, 11) is 0. The van der Waals surface area contributed by atoms with Gasteiger partial charge in [0.05, 0.1) is 13.0 Å². The van der Waals surface area contributed by atoms with E-state index in [9.17, 15) is 19.8 Å². The highest BCUT2D eigenvalue weighted by Gasteiger charge is 2.80. The summed E-state index contributed by atoms with van der Waals surface area (Å²) < 4.78 is 55.5. The smallest absolute Gasteiger partial charge is 0.342 e. The van der Waals surface area contributed by atoms with E-state index < -0.39 is 47.6 Å². The van der Waals surface area contributed by atoms with E-state index in [1.54, 1.807) is 48.5 Å². The van der Waals surface area contributed by atoms with Crippen LogP contribution < -0.4 is 0 Å². The number of hydrogen-bond acceptors (Lipinski definition) is 11. The Hall–Kier alpha value is -1.42. The summed E-state index contributed by atoms with van der Waals surface area (Å²) >= 11 is 0. The Morgan fingerprint density at radius 1 is 0.595 bits per heavy atom. The number of unbranched alkanes of at least 4 members (excludes halogenated alkanes) is 1. The molecule has 0 fully saturated rings. The molecule has 250 valence electrons. The third-order valence-corrected chi connectivity index (χ3v) is 6.25. The second kappa shape index (κ2) is 20.5. The molecule has 13 nitrogen and oxygen atoms in total. The summed E-state index contributed by atoms with van der Waals surface area (Å²) in [5, 5.41) is 21.8. The van der Waals surface area contributed by atoms with Crippen LogP contribution in [-0.4, -0.2) is 105 Å². The Morgan fingerprint density at radius 2 is 1.05 bits per heavy atom. The van der Waals surface area contributed by atoms with E-state index in [4.69, 9.17) is 42.6 Å². The molecule has 0 rings (SSSR count). The SMILES string of the molecule is CCCCOC(OCC)(C(OCC)(OCC)OCC)C(CC(=O)O)(C(=O)O)C(OCCC)C(OCC)(OCC)OCC. The average molecular weight is 613 g/mol. The Morgan fingerprint density at radius 3 is 1.38 bits per heavy atom. The maximum absolute atomic E-state index is 14.0. The Labute approximate surface area is 251 Å². The molecule has 0 aliphatic carbocycles. The molecule has 0 radical (unpaired) electrons. The first-order valence-electron chi connectivity index (χ1n) is 15.2. The van der Waals surface area contributed by atoms with E-state index in [0.717, 1.165) is 0 Å². The van der Waals surface area contributed by atoms with Crippen LogP contribution in [0.5, 0.6) is 0 Å². The van der Waals surface area contributed by atoms with Crippen molar-refractivity contribution >= 4 is 11.9 Å². The molecule has 2 N–H and O–H groups in total. The molecule has 3 atom stereocenters. The number of aliphatic carboxylic acids is 2. The molecule has 0 amide bonds. The van der Waals surface area contributed by atoms with Crippen LogP contribution in [0.15, 0.2) is 0 Å². The highest BCUT2D eigenvalue weighted by Crippen LogP contribution is 2.55. The highest BCUT2D eigenvalue weighted by molar-refractivity contribution is 5.84. The fourth-order valence-corrected chi connectivity index (χ4v) is 4.98. The molecule has 0 aliphatic heterocycles. The van der Waals surface area contributed by atoms with Crippen LogP contribution in [0.3, 0.4) is 0 Å². The first-order chi connectivity index (χ1) is 20.0. The van der Waals surface area contributed by atoms with Gasteiger partial charge in [-0.3, -0.25) is 9.59 Å². The zero-order valence-electron chi connectivity index (χ0n) is 27.2. The maximum Gasteiger partial charge on any atom is 0.342 e. The molecule has 0 aromatic heterocycles. The molecule has 42 heavy (non-hydrogen) atoms. The van der Waals surface area contributed by atoms with Crippen molar-refractivity contribution in [2.75, 3.05) is 59.5 Å². The molecule has 13 heteroatoms. The fourth-order valence-electron chi connectivity index (χ4n) is 4.98. The number of carboxylic acids is 2. The van der Waals surface area contributed by atoms with Crippen molar-refractivity contribution in [1.82, 2.24) is 0 Å². The van der Waals surface area contributed by atoms with Gasteiger partial charge in [-0.25, -0.2) is 0 Å². The molecule has 3 unspecified atom stereocenters. The summed E-state index contributed by atoms with van der Waals surface area (Å²) in [6.45, 7) is 15.0. The minimum atomic E-state index is -2.73. The van der Waals surface area contributed by atoms with Crippen molar-refractivity contribution < 1.29 is 62.4 Å². The summed E-state index contributed by atoms with van der Waals surface area (Å²) in [6, 6.07) is 0. The van der Waals surface area contributed by atoms with Crippen LogP contribution in [0.4, 0.5) is 0 Å². The third-order valence-electron chi connectivity index (χ3n) is 6.25. The Balaban J connectivity index is 8.57. The zero-order chi connectivity index (χ0) is 32.3. The van der Waals surface area contributed by atoms with Gasteiger partial charge in [0.15, 0.2) is 11.5 Å². The number of carbonyl (C=O) groups is 2. The standard InChI is InChI=1S/C29H56O13/c1-10-19-21-42-28(38-15-6,29(39-16-7,40-17-8)41-18-9)26(25(32)33,22-23(30)31)24(34-20-11-2)27(35-12-3,36-13-4)37-14-5/h24H,10-22H2,1-9H3,(H,30,31)(H,32,33). The second-order valence-corrected chi connectivity index (χ2v) is 9.11. The van der Waals surface area contributed by atoms with Crippen LogP contribution in [0.1, 0.15) is 88.0 Å². The molecule has 0 aromatic rings. The van der Waals surface area contributed by atoms with E-state index in [1.165, 1.54) is 0 Å². The molecular formula is C29H56O13. The topological polar surface area (TPSA) is 158 Å². The van der Waals surface area contributed by atoms with Crippen molar-refractivity contribution in [1.29, 1.82) is 0 Å². The lowest BCUT2D eigenvalue weighted by Gasteiger charge is -2.57. The molecule has 0 spiro atoms. The Bertz CT molecular complexity index is 715. The molecule has 0 aliphatic rings. The van der Waals surface area contributed by atoms with E-state index in [2.05, 4.69) is 0 Å². The first-order valence-corrected chi connectivity index (χ1v) is 15.2. The van der Waals surface area contributed by atoms with Crippen molar-refractivity contribution in [2.24, 2.45) is 5.41 Å². The normalized spacial score (nSPS) is 16.1. The molecule has 0 saturated heterocycles. The van der Waals surface area contributed by atoms with Crippen molar-refractivity contribution in [2.45, 2.75) is 112 Å². The van der Waals surface area contributed by atoms with Crippen molar-refractivity contribution in [3.05, 3.63) is 0 Å². The zero-order valence-corrected chi connectivity index (χ0v) is 27.2. The van der Waals surface area contributed by atoms with Gasteiger partial charge in [-0.2, -0.15) is 0 Å². The van der Waals surface area contributed by atoms with Gasteiger partial charge in [0.1, 0.15) is 0 Å². The predicted octanol–water partition coefficient (Wildman–Crippen LogP) is 4.40. The number of hydrogen-bond donors (Lipinski definition) is 2. The molecule has 0 aromatic carbocycles. The van der Waals surface area contributed by atoms with E-state index in [-0.39, 0.29) is 59.5 Å². The summed E-state index contributed by atoms with van der Waals surface area (Å²) in [5.74, 6) is -10.4. The van der Waals surface area contributed by atoms with Crippen molar-refractivity contribution in [3.8, 4) is 0 Å². The van der Waals surface area contributed by atoms with Gasteiger partial charge in [-0.1, -0.05) is 20.3 Å². The van der Waals surface area contributed by atoms with Gasteiger partial charge in [-0.15, -0.1) is 0 Å². The highest BCUT2D eigenvalue weighted by atomic mass is 16.9. The number of carboxylic acid groups (broad SMARTS) is 2. The van der Waals surface area contributed by atoms with Crippen LogP contribution in [0, 0.1) is 5.41 Å². The lowest BCUT2D eigenvalue weighted by atomic mass is 9.68. The predicted molar refractivity (Wildman–Crippen MR) is 153 cm³/mol. The lowest BCUT2D eigenvalue weighted by molar-refractivity contribution is -0.532. The van der Waals surface area contributed by atoms with E-state index >= 15 is 0 Å². The average Bonchev–Trinajstić information content (AvgIpc) is 2.92. The maximum atomic E-state index is 14.0. The van der Waals surface area contributed by atoms with Gasteiger partial charge in [-0.05, 0) is 61.3 Å². The third kappa shape index (κ3) is 9.05. The van der Waals surface area contributed by atoms with E-state index in [0.29, 0.717) is 19.3 Å². The van der Waals surface area contributed by atoms with Gasteiger partial charge >= 0.3 is 23.9 Å². The first kappa shape index (κ1) is 40.6. The van der Waals surface area contributed by atoms with E-state index in [1.807, 2.05) is 13.8 Å². The van der Waals surface area contributed by atoms with Gasteiger partial charge in [0.2, 0.25) is 0 Å². The summed E-state index contributed by atoms with van der Waals surface area (Å²) in [4.78, 5) is 26.8. The number of rotatable bonds is 28. The van der Waals surface area contributed by atoms with Crippen LogP contribution in [0.2, 0.25) is 0 Å². The van der Waals surface area contributed by atoms with Crippen LogP contribution in [0.25, 0.3) is 0 Å². The van der Waals surface area contributed by atoms with Crippen molar-refractivity contribution in [3.63, 3.8) is 0 Å². The van der Waals surface area contributed by atoms with Gasteiger partial charge < -0.3 is 52.8 Å². The quantitative estimate of drug-likeness (QED) is 0.0947. The largest absolute Gasteiger partial charge is 0.481 e.